The smallest absolute Gasteiger partial charge is 0.230 e. The first-order chi connectivity index (χ1) is 16.0. The number of carbonyl (C=O) groups is 1. The maximum Gasteiger partial charge on any atom is 0.230 e. The van der Waals surface area contributed by atoms with E-state index >= 15 is 0 Å². The van der Waals surface area contributed by atoms with Crippen LogP contribution < -0.4 is 14.8 Å². The van der Waals surface area contributed by atoms with Gasteiger partial charge in [-0.25, -0.2) is 4.98 Å². The van der Waals surface area contributed by atoms with E-state index in [0.29, 0.717) is 37.2 Å². The van der Waals surface area contributed by atoms with Crippen molar-refractivity contribution in [2.45, 2.75) is 39.9 Å². The molecule has 0 aliphatic carbocycles. The first-order valence-electron chi connectivity index (χ1n) is 11.3. The van der Waals surface area contributed by atoms with Crippen LogP contribution in [0.4, 0.5) is 0 Å². The van der Waals surface area contributed by atoms with E-state index in [1.54, 1.807) is 0 Å². The molecule has 6 nitrogen and oxygen atoms in total. The molecule has 1 aromatic heterocycles. The first kappa shape index (κ1) is 24.7. The highest BCUT2D eigenvalue weighted by Crippen LogP contribution is 2.29. The predicted molar refractivity (Wildman–Crippen MR) is 133 cm³/mol. The second-order valence-corrected chi connectivity index (χ2v) is 8.56. The quantitative estimate of drug-likeness (QED) is 0.386. The summed E-state index contributed by atoms with van der Waals surface area (Å²) in [6.07, 6.45) is 0.727. The zero-order valence-corrected chi connectivity index (χ0v) is 20.6. The fourth-order valence-corrected chi connectivity index (χ4v) is 4.23. The SMILES string of the molecule is CCOc1ccc(CCNC(=O)CSCc2nc(-c3ccccc3C)oc2C)cc1OCC. The lowest BCUT2D eigenvalue weighted by Gasteiger charge is -2.12. The predicted octanol–water partition coefficient (Wildman–Crippen LogP) is 5.35. The van der Waals surface area contributed by atoms with E-state index in [1.807, 2.05) is 70.2 Å². The molecule has 0 unspecified atom stereocenters. The van der Waals surface area contributed by atoms with Crippen LogP contribution in [0.3, 0.4) is 0 Å². The van der Waals surface area contributed by atoms with Gasteiger partial charge in [-0.1, -0.05) is 24.3 Å². The van der Waals surface area contributed by atoms with Gasteiger partial charge in [-0.3, -0.25) is 4.79 Å². The van der Waals surface area contributed by atoms with Crippen LogP contribution in [0.25, 0.3) is 11.5 Å². The highest BCUT2D eigenvalue weighted by Gasteiger charge is 2.14. The lowest BCUT2D eigenvalue weighted by molar-refractivity contribution is -0.118. The summed E-state index contributed by atoms with van der Waals surface area (Å²) in [5.41, 5.74) is 4.09. The molecule has 3 rings (SSSR count). The number of hydrogen-bond acceptors (Lipinski definition) is 6. The molecule has 3 aromatic rings. The first-order valence-corrected chi connectivity index (χ1v) is 12.4. The molecule has 1 heterocycles. The van der Waals surface area contributed by atoms with E-state index in [4.69, 9.17) is 13.9 Å². The average Bonchev–Trinajstić information content (AvgIpc) is 3.16. The summed E-state index contributed by atoms with van der Waals surface area (Å²) in [4.78, 5) is 16.9. The normalized spacial score (nSPS) is 10.8. The summed E-state index contributed by atoms with van der Waals surface area (Å²) in [6, 6.07) is 13.9. The second-order valence-electron chi connectivity index (χ2n) is 7.58. The molecule has 0 bridgehead atoms. The van der Waals surface area contributed by atoms with Crippen LogP contribution in [-0.4, -0.2) is 36.4 Å². The van der Waals surface area contributed by atoms with Crippen LogP contribution in [0.5, 0.6) is 11.5 Å². The number of benzene rings is 2. The zero-order chi connectivity index (χ0) is 23.6. The lowest BCUT2D eigenvalue weighted by atomic mass is 10.1. The van der Waals surface area contributed by atoms with Crippen molar-refractivity contribution < 1.29 is 18.7 Å². The van der Waals surface area contributed by atoms with Crippen LogP contribution in [0.2, 0.25) is 0 Å². The number of nitrogens with zero attached hydrogens (tertiary/aromatic N) is 1. The van der Waals surface area contributed by atoms with E-state index in [9.17, 15) is 4.79 Å². The molecule has 2 aromatic carbocycles. The third-order valence-electron chi connectivity index (χ3n) is 5.08. The number of oxazole rings is 1. The van der Waals surface area contributed by atoms with Gasteiger partial charge in [0.2, 0.25) is 11.8 Å². The van der Waals surface area contributed by atoms with E-state index in [1.165, 1.54) is 11.8 Å². The molecule has 0 radical (unpaired) electrons. The molecule has 0 fully saturated rings. The summed E-state index contributed by atoms with van der Waals surface area (Å²) in [7, 11) is 0. The highest BCUT2D eigenvalue weighted by molar-refractivity contribution is 7.99. The van der Waals surface area contributed by atoms with Crippen molar-refractivity contribution in [3.63, 3.8) is 0 Å². The van der Waals surface area contributed by atoms with Crippen LogP contribution in [0.15, 0.2) is 46.9 Å². The maximum absolute atomic E-state index is 12.3. The summed E-state index contributed by atoms with van der Waals surface area (Å²) in [5, 5.41) is 2.99. The highest BCUT2D eigenvalue weighted by atomic mass is 32.2. The van der Waals surface area contributed by atoms with Crippen molar-refractivity contribution >= 4 is 17.7 Å². The van der Waals surface area contributed by atoms with Crippen LogP contribution in [0.1, 0.15) is 36.4 Å². The van der Waals surface area contributed by atoms with Crippen molar-refractivity contribution in [1.82, 2.24) is 10.3 Å². The van der Waals surface area contributed by atoms with Crippen molar-refractivity contribution in [1.29, 1.82) is 0 Å². The van der Waals surface area contributed by atoms with Crippen LogP contribution in [0, 0.1) is 13.8 Å². The number of ether oxygens (including phenoxy) is 2. The minimum absolute atomic E-state index is 0.0104. The summed E-state index contributed by atoms with van der Waals surface area (Å²) in [6.45, 7) is 9.59. The summed E-state index contributed by atoms with van der Waals surface area (Å²) < 4.78 is 17.1. The zero-order valence-electron chi connectivity index (χ0n) is 19.8. The van der Waals surface area contributed by atoms with E-state index in [-0.39, 0.29) is 5.91 Å². The molecular weight excluding hydrogens is 436 g/mol. The summed E-state index contributed by atoms with van der Waals surface area (Å²) >= 11 is 1.53. The van der Waals surface area contributed by atoms with Gasteiger partial charge in [-0.2, -0.15) is 0 Å². The standard InChI is InChI=1S/C26H32N2O4S/c1-5-30-23-12-11-20(15-24(23)31-6-2)13-14-27-25(29)17-33-16-22-19(4)32-26(28-22)21-10-8-7-9-18(21)3/h7-12,15H,5-6,13-14,16-17H2,1-4H3,(H,27,29). The molecule has 0 atom stereocenters. The fraction of sp³-hybridized carbons (Fsp3) is 0.385. The van der Waals surface area contributed by atoms with Gasteiger partial charge in [-0.15, -0.1) is 11.8 Å². The van der Waals surface area contributed by atoms with Crippen LogP contribution in [-0.2, 0) is 17.0 Å². The molecule has 1 N–H and O–H groups in total. The Labute approximate surface area is 200 Å². The Morgan fingerprint density at radius 1 is 1.06 bits per heavy atom. The maximum atomic E-state index is 12.3. The average molecular weight is 469 g/mol. The Bertz CT molecular complexity index is 1060. The van der Waals surface area contributed by atoms with Crippen LogP contribution >= 0.6 is 11.8 Å². The van der Waals surface area contributed by atoms with Crippen molar-refractivity contribution in [2.24, 2.45) is 0 Å². The Morgan fingerprint density at radius 3 is 2.58 bits per heavy atom. The minimum atomic E-state index is 0.0104. The Kier molecular flexibility index (Phi) is 9.24. The molecule has 33 heavy (non-hydrogen) atoms. The van der Waals surface area contributed by atoms with Gasteiger partial charge >= 0.3 is 0 Å². The van der Waals surface area contributed by atoms with Gasteiger partial charge in [0.1, 0.15) is 5.76 Å². The van der Waals surface area contributed by atoms with Gasteiger partial charge in [-0.05, 0) is 63.4 Å². The second kappa shape index (κ2) is 12.3. The number of hydrogen-bond donors (Lipinski definition) is 1. The van der Waals surface area contributed by atoms with Gasteiger partial charge in [0.05, 0.1) is 24.7 Å². The van der Waals surface area contributed by atoms with Gasteiger partial charge in [0.25, 0.3) is 0 Å². The van der Waals surface area contributed by atoms with Gasteiger partial charge < -0.3 is 19.2 Å². The number of nitrogens with one attached hydrogen (secondary N) is 1. The number of aromatic nitrogens is 1. The molecular formula is C26H32N2O4S. The molecule has 176 valence electrons. The Hall–Kier alpha value is -2.93. The monoisotopic (exact) mass is 468 g/mol. The molecule has 0 saturated carbocycles. The van der Waals surface area contributed by atoms with E-state index in [0.717, 1.165) is 46.1 Å². The van der Waals surface area contributed by atoms with Crippen molar-refractivity contribution in [3.05, 3.63) is 65.0 Å². The topological polar surface area (TPSA) is 73.6 Å². The summed E-state index contributed by atoms with van der Waals surface area (Å²) in [5.74, 6) is 3.93. The Morgan fingerprint density at radius 2 is 1.82 bits per heavy atom. The number of thioether (sulfide) groups is 1. The molecule has 0 spiro atoms. The molecule has 0 saturated heterocycles. The molecule has 1 amide bonds. The van der Waals surface area contributed by atoms with Crippen molar-refractivity contribution in [3.8, 4) is 23.0 Å². The third kappa shape index (κ3) is 7.02. The van der Waals surface area contributed by atoms with Crippen molar-refractivity contribution in [2.75, 3.05) is 25.5 Å². The number of rotatable bonds is 12. The lowest BCUT2D eigenvalue weighted by Crippen LogP contribution is -2.27. The molecule has 7 heteroatoms. The minimum Gasteiger partial charge on any atom is -0.490 e. The number of aryl methyl sites for hydroxylation is 2. The van der Waals surface area contributed by atoms with E-state index in [2.05, 4.69) is 10.3 Å². The van der Waals surface area contributed by atoms with Gasteiger partial charge in [0.15, 0.2) is 11.5 Å². The third-order valence-corrected chi connectivity index (χ3v) is 6.03. The van der Waals surface area contributed by atoms with E-state index < -0.39 is 0 Å². The largest absolute Gasteiger partial charge is 0.490 e. The molecule has 0 aliphatic heterocycles. The fourth-order valence-electron chi connectivity index (χ4n) is 3.38. The molecule has 0 aliphatic rings. The van der Waals surface area contributed by atoms with Gasteiger partial charge in [0, 0.05) is 17.9 Å². The number of carbonyl (C=O) groups excluding carboxylic acids is 1. The number of amides is 1. The Balaban J connectivity index is 1.44.